The highest BCUT2D eigenvalue weighted by molar-refractivity contribution is 7.87. The summed E-state index contributed by atoms with van der Waals surface area (Å²) in [5.74, 6) is -1.28. The van der Waals surface area contributed by atoms with Crippen molar-refractivity contribution in [2.75, 3.05) is 6.54 Å². The van der Waals surface area contributed by atoms with Gasteiger partial charge in [0.25, 0.3) is 10.2 Å². The van der Waals surface area contributed by atoms with Gasteiger partial charge >= 0.3 is 0 Å². The van der Waals surface area contributed by atoms with E-state index in [2.05, 4.69) is 10.0 Å². The summed E-state index contributed by atoms with van der Waals surface area (Å²) in [6.45, 7) is 0.325. The summed E-state index contributed by atoms with van der Waals surface area (Å²) < 4.78 is 32.2. The first kappa shape index (κ1) is 27.0. The summed E-state index contributed by atoms with van der Waals surface area (Å²) in [5.41, 5.74) is 6.85. The van der Waals surface area contributed by atoms with Gasteiger partial charge in [-0.2, -0.15) is 13.1 Å². The van der Waals surface area contributed by atoms with E-state index < -0.39 is 40.0 Å². The van der Waals surface area contributed by atoms with Crippen molar-refractivity contribution in [2.24, 2.45) is 10.9 Å². The monoisotopic (exact) mass is 538 g/mol. The number of nitrogen functional groups attached to an aromatic ring is 1. The zero-order valence-corrected chi connectivity index (χ0v) is 21.4. The number of hydrogen-bond donors (Lipinski definition) is 5. The van der Waals surface area contributed by atoms with Gasteiger partial charge in [0.1, 0.15) is 17.8 Å². The van der Waals surface area contributed by atoms with Gasteiger partial charge in [-0.3, -0.25) is 15.0 Å². The van der Waals surface area contributed by atoms with Crippen LogP contribution in [0.25, 0.3) is 0 Å². The fourth-order valence-corrected chi connectivity index (χ4v) is 5.32. The Morgan fingerprint density at radius 3 is 2.16 bits per heavy atom. The fraction of sp³-hybridized carbons (Fsp3) is 0.269. The Labute approximate surface area is 220 Å². The third-order valence-corrected chi connectivity index (χ3v) is 6.99. The molecule has 1 aliphatic rings. The predicted octanol–water partition coefficient (Wildman–Crippen LogP) is 1.16. The fourth-order valence-electron chi connectivity index (χ4n) is 4.73. The summed E-state index contributed by atoms with van der Waals surface area (Å²) >= 11 is 0. The second kappa shape index (κ2) is 11.6. The quantitative estimate of drug-likeness (QED) is 0.190. The van der Waals surface area contributed by atoms with Crippen molar-refractivity contribution < 1.29 is 22.4 Å². The Bertz CT molecular complexity index is 1350. The number of furan rings is 1. The molecule has 11 nitrogen and oxygen atoms in total. The summed E-state index contributed by atoms with van der Waals surface area (Å²) in [5, 5.41) is 15.6. The molecule has 0 unspecified atom stereocenters. The second-order valence-corrected chi connectivity index (χ2v) is 10.4. The molecule has 0 spiro atoms. The molecule has 0 saturated carbocycles. The molecule has 2 heterocycles. The molecular weight excluding hydrogens is 508 g/mol. The van der Waals surface area contributed by atoms with Crippen molar-refractivity contribution in [3.05, 3.63) is 95.4 Å². The third kappa shape index (κ3) is 6.46. The highest BCUT2D eigenvalue weighted by Crippen LogP contribution is 2.31. The van der Waals surface area contributed by atoms with Gasteiger partial charge in [-0.05, 0) is 36.1 Å². The predicted molar refractivity (Wildman–Crippen MR) is 141 cm³/mol. The average Bonchev–Trinajstić information content (AvgIpc) is 3.57. The van der Waals surface area contributed by atoms with Crippen LogP contribution in [0.3, 0.4) is 0 Å². The van der Waals surface area contributed by atoms with Gasteiger partial charge in [-0.25, -0.2) is 5.14 Å². The maximum atomic E-state index is 14.0. The van der Waals surface area contributed by atoms with Crippen molar-refractivity contribution in [3.8, 4) is 0 Å². The maximum Gasteiger partial charge on any atom is 0.275 e. The van der Waals surface area contributed by atoms with E-state index >= 15 is 0 Å². The number of nitrogens with one attached hydrogen (secondary N) is 3. The first-order valence-electron chi connectivity index (χ1n) is 12.1. The third-order valence-electron chi connectivity index (χ3n) is 6.41. The normalized spacial score (nSPS) is 16.4. The highest BCUT2D eigenvalue weighted by Gasteiger charge is 2.42. The first-order valence-corrected chi connectivity index (χ1v) is 13.6. The van der Waals surface area contributed by atoms with Crippen LogP contribution in [0.2, 0.25) is 0 Å². The topological polar surface area (TPSA) is 185 Å². The minimum absolute atomic E-state index is 0.0418. The van der Waals surface area contributed by atoms with E-state index in [4.69, 9.17) is 20.7 Å². The number of likely N-dealkylation sites (tertiary alicyclic amines) is 1. The molecule has 38 heavy (non-hydrogen) atoms. The number of amidine groups is 1. The van der Waals surface area contributed by atoms with E-state index in [-0.39, 0.29) is 24.7 Å². The second-order valence-electron chi connectivity index (χ2n) is 9.03. The molecule has 3 aromatic rings. The number of carbonyl (C=O) groups excluding carboxylic acids is 2. The number of hydrogen-bond acceptors (Lipinski definition) is 6. The maximum absolute atomic E-state index is 14.0. The Hall–Kier alpha value is -4.00. The van der Waals surface area contributed by atoms with Crippen LogP contribution in [0, 0.1) is 5.41 Å². The van der Waals surface area contributed by atoms with Gasteiger partial charge < -0.3 is 20.4 Å². The number of nitrogens with two attached hydrogens (primary N) is 2. The lowest BCUT2D eigenvalue weighted by atomic mass is 9.84. The Morgan fingerprint density at radius 2 is 1.63 bits per heavy atom. The van der Waals surface area contributed by atoms with Gasteiger partial charge in [0.15, 0.2) is 11.6 Å². The molecule has 2 aromatic carbocycles. The summed E-state index contributed by atoms with van der Waals surface area (Å²) in [7, 11) is -4.29. The van der Waals surface area contributed by atoms with E-state index in [9.17, 15) is 18.0 Å². The van der Waals surface area contributed by atoms with E-state index in [1.54, 1.807) is 6.07 Å². The van der Waals surface area contributed by atoms with Crippen molar-refractivity contribution in [2.45, 2.75) is 37.4 Å². The Morgan fingerprint density at radius 1 is 1.03 bits per heavy atom. The van der Waals surface area contributed by atoms with Crippen LogP contribution in [-0.2, 0) is 26.3 Å². The minimum atomic E-state index is -4.29. The molecule has 12 heteroatoms. The zero-order chi connectivity index (χ0) is 27.3. The minimum Gasteiger partial charge on any atom is -0.456 e. The molecule has 2 atom stereocenters. The van der Waals surface area contributed by atoms with Crippen LogP contribution in [0.5, 0.6) is 0 Å². The van der Waals surface area contributed by atoms with Crippen LogP contribution in [0.1, 0.15) is 41.4 Å². The van der Waals surface area contributed by atoms with Crippen LogP contribution in [0.4, 0.5) is 0 Å². The van der Waals surface area contributed by atoms with Crippen molar-refractivity contribution in [1.82, 2.24) is 14.9 Å². The molecule has 0 bridgehead atoms. The zero-order valence-electron chi connectivity index (χ0n) is 20.5. The lowest BCUT2D eigenvalue weighted by Gasteiger charge is -2.33. The standard InChI is InChI=1S/C26H30N6O5S/c27-24(28)21-14-13-19(37-21)16-30-25(33)20-12-7-15-32(20)26(34)23(31-38(29,35)36)22(17-8-3-1-4-9-17)18-10-5-2-6-11-18/h1-6,8-11,13-14,20,22-23,31H,7,12,15-16H2,(H3,27,28)(H,30,33)(H2,29,35,36)/t20-,23+/m0/s1. The Kier molecular flexibility index (Phi) is 8.25. The SMILES string of the molecule is N=C(N)c1ccc(CNC(=O)[C@@H]2CCCN2C(=O)[C@H](NS(N)(=O)=O)C(c2ccccc2)c2ccccc2)o1. The number of nitrogens with zero attached hydrogens (tertiary/aromatic N) is 1. The molecule has 200 valence electrons. The lowest BCUT2D eigenvalue weighted by molar-refractivity contribution is -0.140. The number of carbonyl (C=O) groups is 2. The van der Waals surface area contributed by atoms with Gasteiger partial charge in [0, 0.05) is 12.5 Å². The number of benzene rings is 2. The van der Waals surface area contributed by atoms with Crippen LogP contribution >= 0.6 is 0 Å². The van der Waals surface area contributed by atoms with E-state index in [1.165, 1.54) is 11.0 Å². The van der Waals surface area contributed by atoms with Crippen molar-refractivity contribution in [3.63, 3.8) is 0 Å². The van der Waals surface area contributed by atoms with Gasteiger partial charge in [0.05, 0.1) is 6.54 Å². The molecular formula is C26H30N6O5S. The van der Waals surface area contributed by atoms with Crippen LogP contribution in [0.15, 0.2) is 77.2 Å². The number of amides is 2. The van der Waals surface area contributed by atoms with E-state index in [0.717, 1.165) is 0 Å². The van der Waals surface area contributed by atoms with E-state index in [0.29, 0.717) is 29.7 Å². The smallest absolute Gasteiger partial charge is 0.275 e. The number of rotatable bonds is 10. The summed E-state index contributed by atoms with van der Waals surface area (Å²) in [6, 6.07) is 19.2. The van der Waals surface area contributed by atoms with Crippen LogP contribution in [-0.4, -0.2) is 49.6 Å². The molecule has 1 aromatic heterocycles. The molecule has 2 amide bonds. The van der Waals surface area contributed by atoms with Crippen molar-refractivity contribution in [1.29, 1.82) is 5.41 Å². The molecule has 7 N–H and O–H groups in total. The highest BCUT2D eigenvalue weighted by atomic mass is 32.2. The van der Waals surface area contributed by atoms with Gasteiger partial charge in [0.2, 0.25) is 11.8 Å². The van der Waals surface area contributed by atoms with Crippen molar-refractivity contribution >= 4 is 27.9 Å². The molecule has 1 aliphatic heterocycles. The van der Waals surface area contributed by atoms with Gasteiger partial charge in [-0.15, -0.1) is 0 Å². The summed E-state index contributed by atoms with van der Waals surface area (Å²) in [6.07, 6.45) is 0.986. The summed E-state index contributed by atoms with van der Waals surface area (Å²) in [4.78, 5) is 28.5. The molecule has 0 radical (unpaired) electrons. The Balaban J connectivity index is 1.61. The average molecular weight is 539 g/mol. The van der Waals surface area contributed by atoms with E-state index in [1.807, 2.05) is 60.7 Å². The lowest BCUT2D eigenvalue weighted by Crippen LogP contribution is -2.56. The van der Waals surface area contributed by atoms with Gasteiger partial charge in [-0.1, -0.05) is 60.7 Å². The first-order chi connectivity index (χ1) is 18.1. The molecule has 0 aliphatic carbocycles. The molecule has 1 fully saturated rings. The van der Waals surface area contributed by atoms with Crippen LogP contribution < -0.4 is 20.9 Å². The molecule has 1 saturated heterocycles. The largest absolute Gasteiger partial charge is 0.456 e. The molecule has 4 rings (SSSR count).